The molecular weight excluding hydrogens is 391 g/mol. The first-order chi connectivity index (χ1) is 12.5. The lowest BCUT2D eigenvalue weighted by Crippen LogP contribution is -2.45. The Morgan fingerprint density at radius 2 is 2.08 bits per heavy atom. The van der Waals surface area contributed by atoms with Gasteiger partial charge in [0.05, 0.1) is 22.8 Å². The van der Waals surface area contributed by atoms with Gasteiger partial charge < -0.3 is 10.2 Å². The third-order valence-electron chi connectivity index (χ3n) is 4.43. The van der Waals surface area contributed by atoms with E-state index in [2.05, 4.69) is 28.3 Å². The predicted octanol–water partition coefficient (Wildman–Crippen LogP) is 3.97. The first-order valence-corrected chi connectivity index (χ1v) is 10.5. The zero-order valence-electron chi connectivity index (χ0n) is 14.6. The summed E-state index contributed by atoms with van der Waals surface area (Å²) in [6.45, 7) is 3.94. The van der Waals surface area contributed by atoms with Crippen molar-refractivity contribution in [3.63, 3.8) is 0 Å². The zero-order valence-corrected chi connectivity index (χ0v) is 16.9. The second-order valence-electron chi connectivity index (χ2n) is 6.44. The Morgan fingerprint density at radius 1 is 1.31 bits per heavy atom. The second kappa shape index (κ2) is 9.02. The van der Waals surface area contributed by atoms with Gasteiger partial charge in [-0.15, -0.1) is 11.8 Å². The van der Waals surface area contributed by atoms with Gasteiger partial charge in [-0.05, 0) is 37.5 Å². The van der Waals surface area contributed by atoms with E-state index in [4.69, 9.17) is 23.2 Å². The molecular formula is C18H22Cl2N4OS. The van der Waals surface area contributed by atoms with Crippen LogP contribution >= 0.6 is 35.0 Å². The van der Waals surface area contributed by atoms with Crippen LogP contribution in [0.3, 0.4) is 0 Å². The van der Waals surface area contributed by atoms with Crippen molar-refractivity contribution < 1.29 is 4.79 Å². The third-order valence-corrected chi connectivity index (χ3v) is 5.77. The van der Waals surface area contributed by atoms with E-state index in [1.165, 1.54) is 23.0 Å². The van der Waals surface area contributed by atoms with Gasteiger partial charge >= 0.3 is 0 Å². The number of rotatable bonds is 6. The molecule has 140 valence electrons. The molecule has 26 heavy (non-hydrogen) atoms. The molecule has 1 N–H and O–H groups in total. The van der Waals surface area contributed by atoms with Crippen molar-refractivity contribution in [2.24, 2.45) is 0 Å². The number of anilines is 1. The number of piperidine rings is 1. The molecule has 0 unspecified atom stereocenters. The van der Waals surface area contributed by atoms with Crippen LogP contribution in [0.15, 0.2) is 30.6 Å². The molecule has 1 amide bonds. The number of nitrogens with zero attached hydrogens (tertiary/aromatic N) is 3. The number of carbonyl (C=O) groups is 1. The van der Waals surface area contributed by atoms with E-state index >= 15 is 0 Å². The van der Waals surface area contributed by atoms with Gasteiger partial charge in [-0.3, -0.25) is 9.48 Å². The van der Waals surface area contributed by atoms with Gasteiger partial charge in [0.25, 0.3) is 0 Å². The highest BCUT2D eigenvalue weighted by atomic mass is 35.5. The lowest BCUT2D eigenvalue weighted by molar-refractivity contribution is -0.119. The lowest BCUT2D eigenvalue weighted by Gasteiger charge is -2.35. The first-order valence-electron chi connectivity index (χ1n) is 8.57. The monoisotopic (exact) mass is 412 g/mol. The molecule has 0 saturated carbocycles. The lowest BCUT2D eigenvalue weighted by atomic mass is 10.0. The van der Waals surface area contributed by atoms with Crippen molar-refractivity contribution in [2.75, 3.05) is 23.7 Å². The summed E-state index contributed by atoms with van der Waals surface area (Å²) in [7, 11) is 0. The van der Waals surface area contributed by atoms with Crippen LogP contribution in [0.5, 0.6) is 0 Å². The van der Waals surface area contributed by atoms with Crippen LogP contribution < -0.4 is 10.2 Å². The number of aryl methyl sites for hydroxylation is 1. The number of benzene rings is 1. The molecule has 1 saturated heterocycles. The quantitative estimate of drug-likeness (QED) is 0.779. The van der Waals surface area contributed by atoms with Crippen LogP contribution in [-0.2, 0) is 10.7 Å². The van der Waals surface area contributed by atoms with Crippen molar-refractivity contribution in [1.29, 1.82) is 0 Å². The molecule has 1 aromatic carbocycles. The van der Waals surface area contributed by atoms with Crippen molar-refractivity contribution in [3.8, 4) is 0 Å². The van der Waals surface area contributed by atoms with Gasteiger partial charge in [0, 0.05) is 36.0 Å². The summed E-state index contributed by atoms with van der Waals surface area (Å²) in [4.78, 5) is 14.5. The summed E-state index contributed by atoms with van der Waals surface area (Å²) < 4.78 is 1.73. The Labute approximate surface area is 168 Å². The number of thioether (sulfide) groups is 1. The molecule has 0 spiro atoms. The van der Waals surface area contributed by atoms with E-state index in [9.17, 15) is 4.79 Å². The molecule has 1 aliphatic heterocycles. The molecule has 3 rings (SSSR count). The van der Waals surface area contributed by atoms with E-state index < -0.39 is 0 Å². The zero-order chi connectivity index (χ0) is 18.5. The van der Waals surface area contributed by atoms with Gasteiger partial charge in [-0.25, -0.2) is 0 Å². The minimum atomic E-state index is 0.0747. The Balaban J connectivity index is 1.40. The maximum absolute atomic E-state index is 12.1. The smallest absolute Gasteiger partial charge is 0.230 e. The third kappa shape index (κ3) is 5.32. The molecule has 8 heteroatoms. The molecule has 2 heterocycles. The van der Waals surface area contributed by atoms with Crippen LogP contribution in [0.25, 0.3) is 0 Å². The van der Waals surface area contributed by atoms with Crippen LogP contribution in [0.1, 0.15) is 18.4 Å². The highest BCUT2D eigenvalue weighted by Gasteiger charge is 2.21. The Bertz CT molecular complexity index is 759. The maximum Gasteiger partial charge on any atom is 0.230 e. The van der Waals surface area contributed by atoms with Gasteiger partial charge in [-0.2, -0.15) is 5.10 Å². The normalized spacial score (nSPS) is 15.3. The molecule has 2 aromatic rings. The minimum Gasteiger partial charge on any atom is -0.371 e. The highest BCUT2D eigenvalue weighted by Crippen LogP contribution is 2.27. The number of aromatic nitrogens is 2. The Morgan fingerprint density at radius 3 is 2.77 bits per heavy atom. The summed E-state index contributed by atoms with van der Waals surface area (Å²) in [5.41, 5.74) is 2.42. The van der Waals surface area contributed by atoms with Crippen LogP contribution in [0.2, 0.25) is 10.0 Å². The van der Waals surface area contributed by atoms with Crippen molar-refractivity contribution >= 4 is 46.6 Å². The summed E-state index contributed by atoms with van der Waals surface area (Å²) >= 11 is 13.5. The Hall–Kier alpha value is -1.37. The van der Waals surface area contributed by atoms with E-state index in [0.717, 1.165) is 31.0 Å². The van der Waals surface area contributed by atoms with Crippen LogP contribution in [-0.4, -0.2) is 40.6 Å². The van der Waals surface area contributed by atoms with Gasteiger partial charge in [0.15, 0.2) is 0 Å². The molecule has 5 nitrogen and oxygen atoms in total. The SMILES string of the molecule is Cc1ccc(Cl)cc1N1CCC(NC(=O)CSCn2cc(Cl)cn2)CC1. The van der Waals surface area contributed by atoms with Gasteiger partial charge in [0.2, 0.25) is 5.91 Å². The summed E-state index contributed by atoms with van der Waals surface area (Å²) in [5, 5.41) is 8.60. The average Bonchev–Trinajstić information content (AvgIpc) is 3.03. The molecule has 0 bridgehead atoms. The second-order valence-corrected chi connectivity index (χ2v) is 8.26. The largest absolute Gasteiger partial charge is 0.371 e. The summed E-state index contributed by atoms with van der Waals surface area (Å²) in [6.07, 6.45) is 5.23. The van der Waals surface area contributed by atoms with E-state index in [1.807, 2.05) is 12.1 Å². The molecule has 1 aromatic heterocycles. The molecule has 0 atom stereocenters. The fourth-order valence-electron chi connectivity index (χ4n) is 3.10. The topological polar surface area (TPSA) is 50.2 Å². The number of halogens is 2. The first kappa shape index (κ1) is 19.4. The highest BCUT2D eigenvalue weighted by molar-refractivity contribution is 7.99. The average molecular weight is 413 g/mol. The molecule has 0 aliphatic carbocycles. The van der Waals surface area contributed by atoms with Gasteiger partial charge in [-0.1, -0.05) is 29.3 Å². The molecule has 1 fully saturated rings. The standard InChI is InChI=1S/C18H22Cl2N4OS/c1-13-2-3-14(19)8-17(13)23-6-4-16(5-7-23)22-18(25)11-26-12-24-10-15(20)9-21-24/h2-3,8-10,16H,4-7,11-12H2,1H3,(H,22,25). The summed E-state index contributed by atoms with van der Waals surface area (Å²) in [5.74, 6) is 1.11. The van der Waals surface area contributed by atoms with E-state index in [-0.39, 0.29) is 11.9 Å². The predicted molar refractivity (Wildman–Crippen MR) is 109 cm³/mol. The number of nitrogens with one attached hydrogen (secondary N) is 1. The maximum atomic E-state index is 12.1. The fraction of sp³-hybridized carbons (Fsp3) is 0.444. The number of carbonyl (C=O) groups excluding carboxylic acids is 1. The van der Waals surface area contributed by atoms with E-state index in [0.29, 0.717) is 16.7 Å². The van der Waals surface area contributed by atoms with Crippen molar-refractivity contribution in [2.45, 2.75) is 31.7 Å². The van der Waals surface area contributed by atoms with Crippen LogP contribution in [0.4, 0.5) is 5.69 Å². The Kier molecular flexibility index (Phi) is 6.73. The number of hydrogen-bond donors (Lipinski definition) is 1. The fourth-order valence-corrected chi connectivity index (χ4v) is 4.11. The van der Waals surface area contributed by atoms with Crippen molar-refractivity contribution in [3.05, 3.63) is 46.2 Å². The molecule has 0 radical (unpaired) electrons. The van der Waals surface area contributed by atoms with Crippen LogP contribution in [0, 0.1) is 6.92 Å². The minimum absolute atomic E-state index is 0.0747. The number of hydrogen-bond acceptors (Lipinski definition) is 4. The van der Waals surface area contributed by atoms with Gasteiger partial charge in [0.1, 0.15) is 0 Å². The molecule has 1 aliphatic rings. The summed E-state index contributed by atoms with van der Waals surface area (Å²) in [6, 6.07) is 6.23. The number of amides is 1. The van der Waals surface area contributed by atoms with Crippen molar-refractivity contribution in [1.82, 2.24) is 15.1 Å². The van der Waals surface area contributed by atoms with E-state index in [1.54, 1.807) is 17.1 Å².